The van der Waals surface area contributed by atoms with Crippen LogP contribution < -0.4 is 9.47 Å². The fourth-order valence-electron chi connectivity index (χ4n) is 3.77. The number of halogens is 2. The summed E-state index contributed by atoms with van der Waals surface area (Å²) < 4.78 is 11.4. The summed E-state index contributed by atoms with van der Waals surface area (Å²) in [7, 11) is 1.54. The monoisotopic (exact) mass is 535 g/mol. The van der Waals surface area contributed by atoms with Crippen LogP contribution >= 0.6 is 35.0 Å². The topological polar surface area (TPSA) is 75.0 Å². The van der Waals surface area contributed by atoms with E-state index in [1.807, 2.05) is 35.7 Å². The smallest absolute Gasteiger partial charge is 0.283 e. The Hall–Kier alpha value is -3.52. The molecule has 6 nitrogen and oxygen atoms in total. The first-order chi connectivity index (χ1) is 17.4. The van der Waals surface area contributed by atoms with Crippen molar-refractivity contribution >= 4 is 63.6 Å². The van der Waals surface area contributed by atoms with Gasteiger partial charge in [0.1, 0.15) is 12.4 Å². The summed E-state index contributed by atoms with van der Waals surface area (Å²) in [5, 5.41) is 12.2. The van der Waals surface area contributed by atoms with Gasteiger partial charge >= 0.3 is 0 Å². The molecule has 180 valence electrons. The van der Waals surface area contributed by atoms with Crippen LogP contribution in [0.25, 0.3) is 11.8 Å². The Morgan fingerprint density at radius 1 is 1.06 bits per heavy atom. The summed E-state index contributed by atoms with van der Waals surface area (Å²) in [6.45, 7) is 0.231. The number of nitrogens with zero attached hydrogens (tertiary/aromatic N) is 2. The highest BCUT2D eigenvalue weighted by atomic mass is 35.5. The first-order valence-corrected chi connectivity index (χ1v) is 12.5. The van der Waals surface area contributed by atoms with Crippen LogP contribution in [0, 0.1) is 5.41 Å². The second kappa shape index (κ2) is 10.2. The summed E-state index contributed by atoms with van der Waals surface area (Å²) in [4.78, 5) is 18.7. The molecule has 2 heterocycles. The Labute approximate surface area is 222 Å². The predicted octanol–water partition coefficient (Wildman–Crippen LogP) is 6.89. The van der Waals surface area contributed by atoms with E-state index in [-0.39, 0.29) is 18.0 Å². The van der Waals surface area contributed by atoms with Gasteiger partial charge in [-0.05, 0) is 41.5 Å². The van der Waals surface area contributed by atoms with Crippen LogP contribution in [0.5, 0.6) is 11.5 Å². The molecule has 3 aromatic carbocycles. The van der Waals surface area contributed by atoms with E-state index in [4.69, 9.17) is 38.1 Å². The zero-order valence-corrected chi connectivity index (χ0v) is 21.3. The molecular formula is C27H19Cl2N3O3S. The number of nitrogens with one attached hydrogen (secondary N) is 1. The largest absolute Gasteiger partial charge is 0.493 e. The van der Waals surface area contributed by atoms with Crippen molar-refractivity contribution in [3.05, 3.63) is 104 Å². The standard InChI is InChI=1S/C27H19Cl2N3O3S/c1-34-24-12-16(7-10-23(24)35-14-18-8-9-19(28)13-21(18)29)11-20-25(30)32-22(17-5-3-2-4-6-17)15-36-27(32)31-26(20)33/h2-13,15,30H,14H2,1H3. The van der Waals surface area contributed by atoms with Crippen molar-refractivity contribution < 1.29 is 14.3 Å². The van der Waals surface area contributed by atoms with Gasteiger partial charge in [0.15, 0.2) is 16.7 Å². The summed E-state index contributed by atoms with van der Waals surface area (Å²) in [6.07, 6.45) is 1.64. The number of amides is 1. The molecule has 36 heavy (non-hydrogen) atoms. The molecule has 5 rings (SSSR count). The molecule has 1 amide bonds. The van der Waals surface area contributed by atoms with Crippen molar-refractivity contribution in [2.75, 3.05) is 7.11 Å². The maximum atomic E-state index is 12.8. The van der Waals surface area contributed by atoms with E-state index in [9.17, 15) is 4.79 Å². The SMILES string of the molecule is COc1cc(C=C2C(=N)N3C(c4ccccc4)=CSC3=NC2=O)ccc1OCc1ccc(Cl)cc1Cl. The minimum Gasteiger partial charge on any atom is -0.493 e. The Bertz CT molecular complexity index is 1470. The average Bonchev–Trinajstić information content (AvgIpc) is 3.31. The van der Waals surface area contributed by atoms with E-state index in [2.05, 4.69) is 4.99 Å². The molecule has 0 saturated carbocycles. The van der Waals surface area contributed by atoms with Crippen molar-refractivity contribution in [2.45, 2.75) is 6.61 Å². The van der Waals surface area contributed by atoms with Crippen LogP contribution in [-0.4, -0.2) is 28.9 Å². The lowest BCUT2D eigenvalue weighted by molar-refractivity contribution is -0.114. The van der Waals surface area contributed by atoms with Gasteiger partial charge in [0.25, 0.3) is 5.91 Å². The third-order valence-electron chi connectivity index (χ3n) is 5.58. The molecule has 2 aliphatic rings. The highest BCUT2D eigenvalue weighted by Gasteiger charge is 2.36. The molecule has 0 aromatic heterocycles. The highest BCUT2D eigenvalue weighted by molar-refractivity contribution is 8.17. The van der Waals surface area contributed by atoms with Gasteiger partial charge in [0.05, 0.1) is 18.4 Å². The fraction of sp³-hybridized carbons (Fsp3) is 0.0741. The summed E-state index contributed by atoms with van der Waals surface area (Å²) in [5.41, 5.74) is 3.40. The summed E-state index contributed by atoms with van der Waals surface area (Å²) in [5.74, 6) is 0.608. The van der Waals surface area contributed by atoms with E-state index in [1.165, 1.54) is 18.9 Å². The molecule has 0 aliphatic carbocycles. The second-order valence-electron chi connectivity index (χ2n) is 7.86. The first kappa shape index (κ1) is 24.2. The summed E-state index contributed by atoms with van der Waals surface area (Å²) >= 11 is 13.5. The maximum Gasteiger partial charge on any atom is 0.283 e. The number of methoxy groups -OCH3 is 1. The molecule has 3 aromatic rings. The highest BCUT2D eigenvalue weighted by Crippen LogP contribution is 2.38. The maximum absolute atomic E-state index is 12.8. The van der Waals surface area contributed by atoms with Gasteiger partial charge in [-0.1, -0.05) is 77.4 Å². The lowest BCUT2D eigenvalue weighted by Gasteiger charge is -2.27. The minimum atomic E-state index is -0.460. The molecule has 1 N–H and O–H groups in total. The minimum absolute atomic E-state index is 0.0711. The number of carbonyl (C=O) groups is 1. The van der Waals surface area contributed by atoms with Gasteiger partial charge in [0, 0.05) is 21.0 Å². The van der Waals surface area contributed by atoms with Crippen molar-refractivity contribution in [3.63, 3.8) is 0 Å². The number of fused-ring (bicyclic) bond motifs is 1. The Kier molecular flexibility index (Phi) is 6.87. The molecule has 0 fully saturated rings. The zero-order valence-electron chi connectivity index (χ0n) is 19.0. The normalized spacial score (nSPS) is 16.1. The number of hydrogen-bond acceptors (Lipinski definition) is 5. The molecule has 0 atom stereocenters. The number of rotatable bonds is 6. The third kappa shape index (κ3) is 4.78. The van der Waals surface area contributed by atoms with Gasteiger partial charge in [0.2, 0.25) is 0 Å². The van der Waals surface area contributed by atoms with Gasteiger partial charge in [-0.2, -0.15) is 4.99 Å². The third-order valence-corrected chi connectivity index (χ3v) is 6.99. The fourth-order valence-corrected chi connectivity index (χ4v) is 5.12. The predicted molar refractivity (Wildman–Crippen MR) is 146 cm³/mol. The van der Waals surface area contributed by atoms with E-state index in [1.54, 1.807) is 47.4 Å². The van der Waals surface area contributed by atoms with Crippen molar-refractivity contribution in [3.8, 4) is 11.5 Å². The van der Waals surface area contributed by atoms with Crippen LogP contribution in [0.3, 0.4) is 0 Å². The van der Waals surface area contributed by atoms with Crippen LogP contribution in [0.2, 0.25) is 10.0 Å². The molecule has 0 unspecified atom stereocenters. The number of thioether (sulfide) groups is 1. The molecule has 0 saturated heterocycles. The molecule has 9 heteroatoms. The molecule has 2 aliphatic heterocycles. The number of carbonyl (C=O) groups excluding carboxylic acids is 1. The van der Waals surface area contributed by atoms with E-state index < -0.39 is 5.91 Å². The lowest BCUT2D eigenvalue weighted by Crippen LogP contribution is -2.38. The second-order valence-corrected chi connectivity index (χ2v) is 9.54. The van der Waals surface area contributed by atoms with E-state index >= 15 is 0 Å². The van der Waals surface area contributed by atoms with Crippen LogP contribution in [0.4, 0.5) is 0 Å². The number of amidine groups is 2. The number of aliphatic imine (C=N–C) groups is 1. The quantitative estimate of drug-likeness (QED) is 0.348. The van der Waals surface area contributed by atoms with Gasteiger partial charge in [-0.15, -0.1) is 0 Å². The lowest BCUT2D eigenvalue weighted by atomic mass is 10.1. The van der Waals surface area contributed by atoms with Gasteiger partial charge in [-0.25, -0.2) is 0 Å². The Morgan fingerprint density at radius 3 is 2.61 bits per heavy atom. The molecular weight excluding hydrogens is 517 g/mol. The number of hydrogen-bond donors (Lipinski definition) is 1. The zero-order chi connectivity index (χ0) is 25.2. The molecule has 0 spiro atoms. The number of ether oxygens (including phenoxy) is 2. The van der Waals surface area contributed by atoms with Gasteiger partial charge in [-0.3, -0.25) is 15.1 Å². The Balaban J connectivity index is 1.40. The van der Waals surface area contributed by atoms with Crippen LogP contribution in [0.15, 0.2) is 82.7 Å². The van der Waals surface area contributed by atoms with Crippen molar-refractivity contribution in [1.82, 2.24) is 4.90 Å². The Morgan fingerprint density at radius 2 is 1.86 bits per heavy atom. The van der Waals surface area contributed by atoms with Crippen molar-refractivity contribution in [2.24, 2.45) is 4.99 Å². The van der Waals surface area contributed by atoms with Crippen LogP contribution in [0.1, 0.15) is 16.7 Å². The summed E-state index contributed by atoms with van der Waals surface area (Å²) in [6, 6.07) is 20.2. The van der Waals surface area contributed by atoms with E-state index in [0.29, 0.717) is 32.3 Å². The van der Waals surface area contributed by atoms with Gasteiger partial charge < -0.3 is 9.47 Å². The van der Waals surface area contributed by atoms with E-state index in [0.717, 1.165) is 16.8 Å². The first-order valence-electron chi connectivity index (χ1n) is 10.9. The van der Waals surface area contributed by atoms with Crippen LogP contribution in [-0.2, 0) is 11.4 Å². The number of benzene rings is 3. The average molecular weight is 536 g/mol. The van der Waals surface area contributed by atoms with Crippen molar-refractivity contribution in [1.29, 1.82) is 5.41 Å². The molecule has 0 radical (unpaired) electrons. The molecule has 0 bridgehead atoms.